The van der Waals surface area contributed by atoms with Gasteiger partial charge in [-0.3, -0.25) is 4.79 Å². The van der Waals surface area contributed by atoms with Crippen LogP contribution in [-0.2, 0) is 4.74 Å². The van der Waals surface area contributed by atoms with Crippen LogP contribution in [-0.4, -0.2) is 45.8 Å². The number of nitrogens with zero attached hydrogens (tertiary/aromatic N) is 3. The van der Waals surface area contributed by atoms with E-state index in [1.54, 1.807) is 48.0 Å². The Morgan fingerprint density at radius 3 is 2.50 bits per heavy atom. The lowest BCUT2D eigenvalue weighted by atomic mass is 10.1. The fraction of sp³-hybridized carbons (Fsp3) is 0.292. The van der Waals surface area contributed by atoms with Crippen molar-refractivity contribution in [3.63, 3.8) is 0 Å². The minimum atomic E-state index is -0.521. The SMILES string of the molecule is CCOC(=O)c1cc(-c2ccc(Cl)cc2Cl)n(-c2ccc(C(=O)N3CCC[C@@H]3C)cc2)n1. The number of hydrogen-bond acceptors (Lipinski definition) is 4. The highest BCUT2D eigenvalue weighted by atomic mass is 35.5. The Morgan fingerprint density at radius 2 is 1.88 bits per heavy atom. The first kappa shape index (κ1) is 22.4. The van der Waals surface area contributed by atoms with E-state index in [0.29, 0.717) is 32.6 Å². The molecule has 3 aromatic rings. The van der Waals surface area contributed by atoms with Gasteiger partial charge in [0.05, 0.1) is 23.0 Å². The number of benzene rings is 2. The molecule has 1 saturated heterocycles. The molecule has 8 heteroatoms. The maximum Gasteiger partial charge on any atom is 0.358 e. The van der Waals surface area contributed by atoms with Crippen LogP contribution in [0.3, 0.4) is 0 Å². The van der Waals surface area contributed by atoms with Crippen LogP contribution in [0.25, 0.3) is 16.9 Å². The van der Waals surface area contributed by atoms with Crippen molar-refractivity contribution in [2.24, 2.45) is 0 Å². The van der Waals surface area contributed by atoms with Crippen LogP contribution in [0.5, 0.6) is 0 Å². The maximum absolute atomic E-state index is 12.8. The lowest BCUT2D eigenvalue weighted by molar-refractivity contribution is 0.0518. The number of rotatable bonds is 5. The van der Waals surface area contributed by atoms with E-state index in [-0.39, 0.29) is 24.2 Å². The molecular weight excluding hydrogens is 449 g/mol. The molecule has 1 amide bonds. The second-order valence-corrected chi connectivity index (χ2v) is 8.55. The third kappa shape index (κ3) is 4.38. The van der Waals surface area contributed by atoms with Crippen LogP contribution >= 0.6 is 23.2 Å². The average Bonchev–Trinajstić information content (AvgIpc) is 3.40. The van der Waals surface area contributed by atoms with Gasteiger partial charge in [0.2, 0.25) is 0 Å². The summed E-state index contributed by atoms with van der Waals surface area (Å²) in [6.07, 6.45) is 2.05. The van der Waals surface area contributed by atoms with Gasteiger partial charge in [-0.05, 0) is 75.2 Å². The third-order valence-electron chi connectivity index (χ3n) is 5.57. The predicted octanol–water partition coefficient (Wildman–Crippen LogP) is 5.65. The number of amides is 1. The number of aromatic nitrogens is 2. The Kier molecular flexibility index (Phi) is 6.53. The minimum Gasteiger partial charge on any atom is -0.461 e. The van der Waals surface area contributed by atoms with Gasteiger partial charge in [-0.2, -0.15) is 5.10 Å². The molecule has 2 aromatic carbocycles. The topological polar surface area (TPSA) is 64.4 Å². The van der Waals surface area contributed by atoms with Crippen molar-refractivity contribution in [2.45, 2.75) is 32.7 Å². The normalized spacial score (nSPS) is 15.8. The Morgan fingerprint density at radius 1 is 1.12 bits per heavy atom. The first-order valence-electron chi connectivity index (χ1n) is 10.5. The van der Waals surface area contributed by atoms with Crippen LogP contribution in [0, 0.1) is 0 Å². The number of carbonyl (C=O) groups excluding carboxylic acids is 2. The van der Waals surface area contributed by atoms with E-state index in [2.05, 4.69) is 12.0 Å². The first-order valence-corrected chi connectivity index (χ1v) is 11.3. The van der Waals surface area contributed by atoms with Crippen LogP contribution in [0.4, 0.5) is 0 Å². The number of halogens is 2. The van der Waals surface area contributed by atoms with Crippen molar-refractivity contribution in [2.75, 3.05) is 13.2 Å². The molecule has 1 aliphatic rings. The molecule has 1 atom stereocenters. The van der Waals surface area contributed by atoms with Gasteiger partial charge < -0.3 is 9.64 Å². The van der Waals surface area contributed by atoms with Crippen molar-refractivity contribution in [1.29, 1.82) is 0 Å². The molecule has 0 bridgehead atoms. The van der Waals surface area contributed by atoms with Crippen molar-refractivity contribution < 1.29 is 14.3 Å². The maximum atomic E-state index is 12.8. The molecule has 166 valence electrons. The second-order valence-electron chi connectivity index (χ2n) is 7.71. The summed E-state index contributed by atoms with van der Waals surface area (Å²) in [5, 5.41) is 5.40. The van der Waals surface area contributed by atoms with Crippen LogP contribution in [0.15, 0.2) is 48.5 Å². The second kappa shape index (κ2) is 9.35. The van der Waals surface area contributed by atoms with Gasteiger partial charge in [0.15, 0.2) is 5.69 Å². The number of esters is 1. The molecule has 1 aliphatic heterocycles. The van der Waals surface area contributed by atoms with Gasteiger partial charge in [0, 0.05) is 28.7 Å². The average molecular weight is 472 g/mol. The van der Waals surface area contributed by atoms with E-state index in [1.165, 1.54) is 0 Å². The fourth-order valence-electron chi connectivity index (χ4n) is 3.92. The molecule has 0 aliphatic carbocycles. The number of ether oxygens (including phenoxy) is 1. The molecule has 2 heterocycles. The lowest BCUT2D eigenvalue weighted by Crippen LogP contribution is -2.33. The zero-order valence-electron chi connectivity index (χ0n) is 17.8. The lowest BCUT2D eigenvalue weighted by Gasteiger charge is -2.21. The summed E-state index contributed by atoms with van der Waals surface area (Å²) < 4.78 is 6.74. The van der Waals surface area contributed by atoms with Gasteiger partial charge in [-0.25, -0.2) is 9.48 Å². The Balaban J connectivity index is 1.73. The Hall–Kier alpha value is -2.83. The summed E-state index contributed by atoms with van der Waals surface area (Å²) in [6, 6.07) is 14.2. The van der Waals surface area contributed by atoms with Crippen molar-refractivity contribution in [3.8, 4) is 16.9 Å². The molecule has 1 aromatic heterocycles. The fourth-order valence-corrected chi connectivity index (χ4v) is 4.42. The van der Waals surface area contributed by atoms with Crippen LogP contribution in [0.1, 0.15) is 47.5 Å². The third-order valence-corrected chi connectivity index (χ3v) is 6.12. The molecule has 0 spiro atoms. The molecule has 0 saturated carbocycles. The highest BCUT2D eigenvalue weighted by molar-refractivity contribution is 6.36. The van der Waals surface area contributed by atoms with E-state index in [4.69, 9.17) is 27.9 Å². The molecule has 6 nitrogen and oxygen atoms in total. The number of hydrogen-bond donors (Lipinski definition) is 0. The molecule has 1 fully saturated rings. The van der Waals surface area contributed by atoms with Crippen LogP contribution in [0.2, 0.25) is 10.0 Å². The predicted molar refractivity (Wildman–Crippen MR) is 125 cm³/mol. The zero-order chi connectivity index (χ0) is 22.8. The zero-order valence-corrected chi connectivity index (χ0v) is 19.4. The van der Waals surface area contributed by atoms with Gasteiger partial charge in [-0.15, -0.1) is 0 Å². The van der Waals surface area contributed by atoms with Gasteiger partial charge in [0.25, 0.3) is 5.91 Å². The van der Waals surface area contributed by atoms with E-state index in [1.807, 2.05) is 17.0 Å². The Labute approximate surface area is 196 Å². The summed E-state index contributed by atoms with van der Waals surface area (Å²) in [6.45, 7) is 4.84. The standard InChI is InChI=1S/C24H23Cl2N3O3/c1-3-32-24(31)21-14-22(19-11-8-17(25)13-20(19)26)29(27-21)18-9-6-16(7-10-18)23(30)28-12-4-5-15(28)2/h6-11,13-15H,3-5,12H2,1-2H3/t15-/m0/s1. The number of likely N-dealkylation sites (tertiary alicyclic amines) is 1. The van der Waals surface area contributed by atoms with E-state index >= 15 is 0 Å². The summed E-state index contributed by atoms with van der Waals surface area (Å²) in [4.78, 5) is 27.1. The molecule has 0 N–H and O–H groups in total. The van der Waals surface area contributed by atoms with Crippen molar-refractivity contribution in [3.05, 3.63) is 69.8 Å². The summed E-state index contributed by atoms with van der Waals surface area (Å²) in [5.74, 6) is -0.498. The highest BCUT2D eigenvalue weighted by Crippen LogP contribution is 2.32. The van der Waals surface area contributed by atoms with Crippen LogP contribution < -0.4 is 0 Å². The monoisotopic (exact) mass is 471 g/mol. The molecule has 0 radical (unpaired) electrons. The quantitative estimate of drug-likeness (QED) is 0.451. The summed E-state index contributed by atoms with van der Waals surface area (Å²) in [5.41, 5.74) is 2.75. The van der Waals surface area contributed by atoms with Gasteiger partial charge >= 0.3 is 5.97 Å². The smallest absolute Gasteiger partial charge is 0.358 e. The first-order chi connectivity index (χ1) is 15.4. The largest absolute Gasteiger partial charge is 0.461 e. The summed E-state index contributed by atoms with van der Waals surface area (Å²) in [7, 11) is 0. The number of carbonyl (C=O) groups is 2. The van der Waals surface area contributed by atoms with Crippen molar-refractivity contribution >= 4 is 35.1 Å². The molecular formula is C24H23Cl2N3O3. The minimum absolute atomic E-state index is 0.0233. The highest BCUT2D eigenvalue weighted by Gasteiger charge is 2.26. The van der Waals surface area contributed by atoms with Crippen molar-refractivity contribution in [1.82, 2.24) is 14.7 Å². The molecule has 0 unspecified atom stereocenters. The molecule has 4 rings (SSSR count). The molecule has 32 heavy (non-hydrogen) atoms. The van der Waals surface area contributed by atoms with E-state index < -0.39 is 5.97 Å². The summed E-state index contributed by atoms with van der Waals surface area (Å²) >= 11 is 12.5. The van der Waals surface area contributed by atoms with Gasteiger partial charge in [-0.1, -0.05) is 23.2 Å². The Bertz CT molecular complexity index is 1160. The van der Waals surface area contributed by atoms with E-state index in [9.17, 15) is 9.59 Å². The van der Waals surface area contributed by atoms with E-state index in [0.717, 1.165) is 19.4 Å². The van der Waals surface area contributed by atoms with Gasteiger partial charge in [0.1, 0.15) is 0 Å².